The Morgan fingerprint density at radius 2 is 0.762 bits per heavy atom. The van der Waals surface area contributed by atoms with Crippen LogP contribution in [0.5, 0.6) is 0 Å². The molecule has 212 valence electrons. The fraction of sp³-hybridized carbons (Fsp3) is 0.152. The fourth-order valence-corrected chi connectivity index (χ4v) is 5.30. The Hall–Kier alpha value is -4.64. The Labute approximate surface area is 240 Å². The maximum atomic E-state index is 14.3. The summed E-state index contributed by atoms with van der Waals surface area (Å²) < 4.78 is 5.43. The summed E-state index contributed by atoms with van der Waals surface area (Å²) in [5.74, 6) is -9.43. The van der Waals surface area contributed by atoms with E-state index in [0.717, 1.165) is 0 Å². The van der Waals surface area contributed by atoms with Crippen LogP contribution in [0, 0.1) is 0 Å². The molecule has 0 aliphatic carbocycles. The van der Waals surface area contributed by atoms with Crippen molar-refractivity contribution in [1.82, 2.24) is 0 Å². The molecular weight excluding hydrogens is 540 g/mol. The van der Waals surface area contributed by atoms with E-state index in [4.69, 9.17) is 4.74 Å². The number of hydrogen-bond acceptors (Lipinski definition) is 9. The molecule has 4 aromatic carbocycles. The molecule has 0 saturated carbocycles. The van der Waals surface area contributed by atoms with E-state index in [1.54, 1.807) is 18.2 Å². The van der Waals surface area contributed by atoms with Gasteiger partial charge in [0.05, 0.1) is 6.61 Å². The Balaban J connectivity index is 1.85. The molecule has 4 atom stereocenters. The van der Waals surface area contributed by atoms with Gasteiger partial charge in [-0.2, -0.15) is 0 Å². The molecule has 42 heavy (non-hydrogen) atoms. The minimum Gasteiger partial charge on any atom is -0.376 e. The van der Waals surface area contributed by atoms with Gasteiger partial charge in [-0.25, -0.2) is 0 Å². The zero-order valence-electron chi connectivity index (χ0n) is 22.1. The van der Waals surface area contributed by atoms with Crippen molar-refractivity contribution in [2.24, 2.45) is 0 Å². The van der Waals surface area contributed by atoms with Gasteiger partial charge in [-0.15, -0.1) is 0 Å². The number of Topliss-reactive ketones (excluding diaryl/α,β-unsaturated/α-hetero) is 4. The summed E-state index contributed by atoms with van der Waals surface area (Å²) in [6, 6.07) is 27.5. The van der Waals surface area contributed by atoms with Crippen LogP contribution in [0.4, 0.5) is 0 Å². The van der Waals surface area contributed by atoms with E-state index in [1.165, 1.54) is 103 Å². The van der Waals surface area contributed by atoms with Crippen molar-refractivity contribution < 1.29 is 44.3 Å². The van der Waals surface area contributed by atoms with Gasteiger partial charge >= 0.3 is 0 Å². The van der Waals surface area contributed by atoms with Crippen LogP contribution in [-0.4, -0.2) is 72.8 Å². The van der Waals surface area contributed by atoms with Gasteiger partial charge in [-0.3, -0.25) is 19.2 Å². The number of ether oxygens (including phenoxy) is 1. The minimum absolute atomic E-state index is 0.211. The second kappa shape index (κ2) is 10.6. The number of rotatable bonds is 8. The minimum atomic E-state index is -3.97. The summed E-state index contributed by atoms with van der Waals surface area (Å²) in [4.78, 5) is 56.4. The Kier molecular flexibility index (Phi) is 7.32. The van der Waals surface area contributed by atoms with E-state index >= 15 is 0 Å². The van der Waals surface area contributed by atoms with Crippen molar-refractivity contribution >= 4 is 23.1 Å². The Bertz CT molecular complexity index is 1520. The highest BCUT2D eigenvalue weighted by Crippen LogP contribution is 2.51. The SMILES string of the molecule is O=C(c1ccccc1)C1(O)OC[C@](O)(C(=O)c2ccccc2)[C@](O)(C(=O)c2ccccc2)[C@]1(O)C(=O)c1ccccc1. The summed E-state index contributed by atoms with van der Waals surface area (Å²) in [6.45, 7) is -1.35. The molecule has 0 amide bonds. The summed E-state index contributed by atoms with van der Waals surface area (Å²) in [7, 11) is 0. The lowest BCUT2D eigenvalue weighted by molar-refractivity contribution is -0.351. The van der Waals surface area contributed by atoms with Gasteiger partial charge < -0.3 is 25.2 Å². The van der Waals surface area contributed by atoms with Gasteiger partial charge in [0.1, 0.15) is 0 Å². The first-order valence-electron chi connectivity index (χ1n) is 13.0. The molecule has 9 heteroatoms. The molecular formula is C33H26O9. The summed E-state index contributed by atoms with van der Waals surface area (Å²) in [5.41, 5.74) is -12.4. The quantitative estimate of drug-likeness (QED) is 0.235. The molecule has 4 N–H and O–H groups in total. The summed E-state index contributed by atoms with van der Waals surface area (Å²) in [5, 5.41) is 49.1. The predicted molar refractivity (Wildman–Crippen MR) is 149 cm³/mol. The number of benzene rings is 4. The van der Waals surface area contributed by atoms with E-state index in [1.807, 2.05) is 0 Å². The van der Waals surface area contributed by atoms with Gasteiger partial charge in [-0.05, 0) is 0 Å². The molecule has 1 aliphatic heterocycles. The first kappa shape index (κ1) is 28.9. The Morgan fingerprint density at radius 3 is 1.14 bits per heavy atom. The third-order valence-electron chi connectivity index (χ3n) is 7.59. The summed E-state index contributed by atoms with van der Waals surface area (Å²) in [6.07, 6.45) is 0. The number of ketones is 4. The lowest BCUT2D eigenvalue weighted by Gasteiger charge is -2.57. The zero-order valence-corrected chi connectivity index (χ0v) is 22.1. The molecule has 0 spiro atoms. The molecule has 0 aromatic heterocycles. The lowest BCUT2D eigenvalue weighted by atomic mass is 9.57. The maximum absolute atomic E-state index is 14.3. The van der Waals surface area contributed by atoms with Gasteiger partial charge in [0.15, 0.2) is 11.4 Å². The van der Waals surface area contributed by atoms with E-state index in [-0.39, 0.29) is 22.3 Å². The second-order valence-electron chi connectivity index (χ2n) is 9.99. The van der Waals surface area contributed by atoms with Gasteiger partial charge in [-0.1, -0.05) is 121 Å². The highest BCUT2D eigenvalue weighted by atomic mass is 16.7. The van der Waals surface area contributed by atoms with E-state index in [0.29, 0.717) is 0 Å². The maximum Gasteiger partial charge on any atom is 0.272 e. The fourth-order valence-electron chi connectivity index (χ4n) is 5.30. The summed E-state index contributed by atoms with van der Waals surface area (Å²) >= 11 is 0. The van der Waals surface area contributed by atoms with Crippen LogP contribution in [0.1, 0.15) is 41.4 Å². The predicted octanol–water partition coefficient (Wildman–Crippen LogP) is 2.43. The zero-order chi connectivity index (χ0) is 30.2. The van der Waals surface area contributed by atoms with Crippen LogP contribution in [0.2, 0.25) is 0 Å². The molecule has 4 aromatic rings. The standard InChI is InChI=1S/C33H26O9/c34-26(22-13-5-1-6-14-22)30(38)21-42-33(41,29(37)25-19-11-4-12-20-25)32(40,28(36)24-17-9-3-10-18-24)31(30,39)27(35)23-15-7-2-8-16-23/h1-20,38-41H,21H2/t30-,31+,32+,33?/m0/s1. The molecule has 1 saturated heterocycles. The number of carbonyl (C=O) groups is 4. The van der Waals surface area contributed by atoms with E-state index in [2.05, 4.69) is 0 Å². The van der Waals surface area contributed by atoms with Crippen LogP contribution in [-0.2, 0) is 4.74 Å². The van der Waals surface area contributed by atoms with Crippen molar-refractivity contribution in [2.75, 3.05) is 6.61 Å². The average molecular weight is 567 g/mol. The molecule has 1 unspecified atom stereocenters. The second-order valence-corrected chi connectivity index (χ2v) is 9.99. The first-order chi connectivity index (χ1) is 20.0. The smallest absolute Gasteiger partial charge is 0.272 e. The lowest BCUT2D eigenvalue weighted by Crippen LogP contribution is -2.89. The molecule has 0 radical (unpaired) electrons. The van der Waals surface area contributed by atoms with Crippen molar-refractivity contribution in [1.29, 1.82) is 0 Å². The number of carbonyl (C=O) groups excluding carboxylic acids is 4. The Morgan fingerprint density at radius 1 is 0.452 bits per heavy atom. The van der Waals surface area contributed by atoms with E-state index < -0.39 is 52.3 Å². The molecule has 0 bridgehead atoms. The van der Waals surface area contributed by atoms with Crippen LogP contribution in [0.25, 0.3) is 0 Å². The highest BCUT2D eigenvalue weighted by Gasteiger charge is 2.83. The molecule has 5 rings (SSSR count). The van der Waals surface area contributed by atoms with Crippen molar-refractivity contribution in [3.63, 3.8) is 0 Å². The largest absolute Gasteiger partial charge is 0.376 e. The van der Waals surface area contributed by atoms with Gasteiger partial charge in [0.2, 0.25) is 28.6 Å². The van der Waals surface area contributed by atoms with E-state index in [9.17, 15) is 39.6 Å². The average Bonchev–Trinajstić information content (AvgIpc) is 3.05. The molecule has 9 nitrogen and oxygen atoms in total. The van der Waals surface area contributed by atoms with Crippen molar-refractivity contribution in [2.45, 2.75) is 22.6 Å². The number of hydrogen-bond donors (Lipinski definition) is 4. The monoisotopic (exact) mass is 566 g/mol. The number of aliphatic hydroxyl groups is 4. The van der Waals surface area contributed by atoms with Crippen molar-refractivity contribution in [3.8, 4) is 0 Å². The van der Waals surface area contributed by atoms with Gasteiger partial charge in [0.25, 0.3) is 5.79 Å². The molecule has 1 fully saturated rings. The topological polar surface area (TPSA) is 158 Å². The van der Waals surface area contributed by atoms with Gasteiger partial charge in [0, 0.05) is 22.3 Å². The van der Waals surface area contributed by atoms with Crippen LogP contribution in [0.3, 0.4) is 0 Å². The third kappa shape index (κ3) is 4.06. The third-order valence-corrected chi connectivity index (χ3v) is 7.59. The molecule has 1 heterocycles. The van der Waals surface area contributed by atoms with Crippen LogP contribution < -0.4 is 0 Å². The first-order valence-corrected chi connectivity index (χ1v) is 13.0. The van der Waals surface area contributed by atoms with Crippen LogP contribution in [0.15, 0.2) is 121 Å². The highest BCUT2D eigenvalue weighted by molar-refractivity contribution is 6.21. The normalized spacial score (nSPS) is 27.1. The molecule has 1 aliphatic rings. The van der Waals surface area contributed by atoms with Crippen molar-refractivity contribution in [3.05, 3.63) is 144 Å². The van der Waals surface area contributed by atoms with Crippen LogP contribution >= 0.6 is 0 Å².